The number of halogens is 4. The second kappa shape index (κ2) is 10.8. The standard InChI is InChI=1S/C27H29ClF3N7O2/c1-4-19-24(37-10-9-32-18-7-8-20(18)37)25(40)23-26(36-35-21(34-23)11-14(2)3)38(19)13-22(39)33-17-6-5-15(12-16(17)28)27(29,30)31/h5-6,11-12,18,20,32H,4,7-10,13H2,1-3H3,(H,33,39)/t18-,20-/m0/s1. The predicted molar refractivity (Wildman–Crippen MR) is 148 cm³/mol. The highest BCUT2D eigenvalue weighted by atomic mass is 35.5. The van der Waals surface area contributed by atoms with Crippen molar-refractivity contribution in [3.63, 3.8) is 0 Å². The fourth-order valence-corrected chi connectivity index (χ4v) is 5.57. The van der Waals surface area contributed by atoms with E-state index >= 15 is 0 Å². The van der Waals surface area contributed by atoms with Gasteiger partial charge in [-0.05, 0) is 57.4 Å². The number of piperazine rings is 1. The average molecular weight is 576 g/mol. The second-order valence-electron chi connectivity index (χ2n) is 10.3. The molecule has 0 bridgehead atoms. The third-order valence-corrected chi connectivity index (χ3v) is 7.59. The molecule has 1 aliphatic heterocycles. The molecule has 5 rings (SSSR count). The van der Waals surface area contributed by atoms with Crippen LogP contribution < -0.4 is 21.0 Å². The molecule has 1 saturated carbocycles. The molecule has 2 fully saturated rings. The second-order valence-corrected chi connectivity index (χ2v) is 10.7. The molecule has 212 valence electrons. The van der Waals surface area contributed by atoms with Crippen molar-refractivity contribution in [1.29, 1.82) is 0 Å². The van der Waals surface area contributed by atoms with Gasteiger partial charge in [-0.25, -0.2) is 4.98 Å². The van der Waals surface area contributed by atoms with Gasteiger partial charge in [0.1, 0.15) is 12.2 Å². The minimum Gasteiger partial charge on any atom is -0.361 e. The van der Waals surface area contributed by atoms with Gasteiger partial charge in [-0.3, -0.25) is 9.59 Å². The monoisotopic (exact) mass is 575 g/mol. The molecule has 9 nitrogen and oxygen atoms in total. The van der Waals surface area contributed by atoms with Gasteiger partial charge in [-0.15, -0.1) is 10.2 Å². The Bertz CT molecular complexity index is 1570. The summed E-state index contributed by atoms with van der Waals surface area (Å²) in [5, 5.41) is 14.3. The normalized spacial score (nSPS) is 18.7. The molecule has 40 heavy (non-hydrogen) atoms. The summed E-state index contributed by atoms with van der Waals surface area (Å²) in [4.78, 5) is 33.9. The minimum absolute atomic E-state index is 0.0396. The summed E-state index contributed by atoms with van der Waals surface area (Å²) in [7, 11) is 0. The van der Waals surface area contributed by atoms with Gasteiger partial charge in [0, 0.05) is 30.9 Å². The number of alkyl halides is 3. The molecule has 2 aliphatic rings. The molecule has 1 aromatic carbocycles. The van der Waals surface area contributed by atoms with Crippen molar-refractivity contribution in [3.8, 4) is 0 Å². The van der Waals surface area contributed by atoms with E-state index in [9.17, 15) is 22.8 Å². The Kier molecular flexibility index (Phi) is 7.58. The summed E-state index contributed by atoms with van der Waals surface area (Å²) < 4.78 is 40.8. The number of benzene rings is 1. The van der Waals surface area contributed by atoms with Gasteiger partial charge < -0.3 is 20.1 Å². The van der Waals surface area contributed by atoms with Crippen LogP contribution in [0.15, 0.2) is 28.6 Å². The number of nitrogens with zero attached hydrogens (tertiary/aromatic N) is 5. The van der Waals surface area contributed by atoms with Gasteiger partial charge in [-0.1, -0.05) is 24.1 Å². The van der Waals surface area contributed by atoms with E-state index in [1.54, 1.807) is 10.6 Å². The first-order valence-corrected chi connectivity index (χ1v) is 13.5. The van der Waals surface area contributed by atoms with E-state index in [0.29, 0.717) is 24.3 Å². The lowest BCUT2D eigenvalue weighted by molar-refractivity contribution is -0.137. The maximum Gasteiger partial charge on any atom is 0.416 e. The van der Waals surface area contributed by atoms with Crippen LogP contribution in [0.2, 0.25) is 5.02 Å². The fraction of sp³-hybridized carbons (Fsp3) is 0.444. The molecule has 13 heteroatoms. The lowest BCUT2D eigenvalue weighted by atomic mass is 9.83. The number of amides is 1. The molecule has 3 aromatic rings. The Morgan fingerprint density at radius 3 is 2.65 bits per heavy atom. The van der Waals surface area contributed by atoms with E-state index in [4.69, 9.17) is 11.6 Å². The number of hydrogen-bond acceptors (Lipinski definition) is 7. The SMILES string of the molecule is CCc1c(N2CCN[C@H]3CC[C@@H]32)c(=O)c2nc(C=C(C)C)nnc2n1CC(=O)Nc1ccc(C(F)(F)F)cc1Cl. The first-order valence-electron chi connectivity index (χ1n) is 13.1. The largest absolute Gasteiger partial charge is 0.416 e. The maximum atomic E-state index is 14.0. The Hall–Kier alpha value is -3.51. The number of rotatable bonds is 6. The van der Waals surface area contributed by atoms with Gasteiger partial charge in [0.25, 0.3) is 0 Å². The predicted octanol–water partition coefficient (Wildman–Crippen LogP) is 4.42. The molecular formula is C27H29ClF3N7O2. The lowest BCUT2D eigenvalue weighted by Gasteiger charge is -2.50. The molecule has 0 unspecified atom stereocenters. The van der Waals surface area contributed by atoms with Crippen LogP contribution in [-0.2, 0) is 23.9 Å². The zero-order valence-electron chi connectivity index (χ0n) is 22.3. The number of nitrogens with one attached hydrogen (secondary N) is 2. The molecule has 0 radical (unpaired) electrons. The minimum atomic E-state index is -4.56. The number of anilines is 2. The summed E-state index contributed by atoms with van der Waals surface area (Å²) in [6.07, 6.45) is -0.457. The third kappa shape index (κ3) is 5.29. The molecule has 1 aliphatic carbocycles. The van der Waals surface area contributed by atoms with Crippen molar-refractivity contribution in [3.05, 3.63) is 56.1 Å². The van der Waals surface area contributed by atoms with Crippen molar-refractivity contribution < 1.29 is 18.0 Å². The van der Waals surface area contributed by atoms with Crippen LogP contribution in [0.1, 0.15) is 50.7 Å². The summed E-state index contributed by atoms with van der Waals surface area (Å²) in [5.41, 5.74) is 1.16. The summed E-state index contributed by atoms with van der Waals surface area (Å²) in [5.74, 6) is -0.265. The molecule has 1 amide bonds. The summed E-state index contributed by atoms with van der Waals surface area (Å²) >= 11 is 6.07. The van der Waals surface area contributed by atoms with Crippen molar-refractivity contribution in [1.82, 2.24) is 25.1 Å². The van der Waals surface area contributed by atoms with Crippen molar-refractivity contribution in [2.45, 2.75) is 64.8 Å². The van der Waals surface area contributed by atoms with Crippen LogP contribution in [0, 0.1) is 0 Å². The van der Waals surface area contributed by atoms with Crippen molar-refractivity contribution in [2.24, 2.45) is 0 Å². The van der Waals surface area contributed by atoms with Crippen molar-refractivity contribution in [2.75, 3.05) is 23.3 Å². The van der Waals surface area contributed by atoms with E-state index < -0.39 is 17.6 Å². The van der Waals surface area contributed by atoms with Gasteiger partial charge in [0.2, 0.25) is 11.3 Å². The summed E-state index contributed by atoms with van der Waals surface area (Å²) in [6, 6.07) is 3.18. The van der Waals surface area contributed by atoms with Crippen LogP contribution in [-0.4, -0.2) is 50.8 Å². The Morgan fingerprint density at radius 2 is 2.02 bits per heavy atom. The molecule has 2 N–H and O–H groups in total. The molecule has 1 saturated heterocycles. The third-order valence-electron chi connectivity index (χ3n) is 7.28. The fourth-order valence-electron chi connectivity index (χ4n) is 5.34. The first kappa shape index (κ1) is 28.0. The van der Waals surface area contributed by atoms with Crippen LogP contribution >= 0.6 is 11.6 Å². The van der Waals surface area contributed by atoms with E-state index in [2.05, 4.69) is 30.7 Å². The molecule has 0 spiro atoms. The highest BCUT2D eigenvalue weighted by molar-refractivity contribution is 6.33. The summed E-state index contributed by atoms with van der Waals surface area (Å²) in [6.45, 7) is 6.73. The highest BCUT2D eigenvalue weighted by Gasteiger charge is 2.40. The number of carbonyl (C=O) groups excluding carboxylic acids is 1. The zero-order valence-corrected chi connectivity index (χ0v) is 23.0. The van der Waals surface area contributed by atoms with Crippen LogP contribution in [0.25, 0.3) is 17.2 Å². The topological polar surface area (TPSA) is 105 Å². The zero-order chi connectivity index (χ0) is 28.8. The number of hydrogen-bond donors (Lipinski definition) is 2. The van der Waals surface area contributed by atoms with Gasteiger partial charge >= 0.3 is 6.18 Å². The molecule has 3 heterocycles. The average Bonchev–Trinajstić information content (AvgIpc) is 2.86. The number of allylic oxidation sites excluding steroid dienone is 1. The van der Waals surface area contributed by atoms with Crippen LogP contribution in [0.3, 0.4) is 0 Å². The van der Waals surface area contributed by atoms with E-state index in [-0.39, 0.29) is 51.8 Å². The maximum absolute atomic E-state index is 14.0. The lowest BCUT2D eigenvalue weighted by Crippen LogP contribution is -2.64. The Balaban J connectivity index is 1.59. The highest BCUT2D eigenvalue weighted by Crippen LogP contribution is 2.35. The van der Waals surface area contributed by atoms with Crippen LogP contribution in [0.5, 0.6) is 0 Å². The number of fused-ring (bicyclic) bond motifs is 2. The van der Waals surface area contributed by atoms with Gasteiger partial charge in [-0.2, -0.15) is 13.2 Å². The quantitative estimate of drug-likeness (QED) is 0.448. The number of aromatic nitrogens is 4. The number of carbonyl (C=O) groups is 1. The molecule has 2 aromatic heterocycles. The van der Waals surface area contributed by atoms with E-state index in [1.165, 1.54) is 0 Å². The Labute approximate surface area is 233 Å². The van der Waals surface area contributed by atoms with E-state index in [0.717, 1.165) is 43.2 Å². The Morgan fingerprint density at radius 1 is 1.25 bits per heavy atom. The van der Waals surface area contributed by atoms with Crippen molar-refractivity contribution >= 4 is 46.1 Å². The number of pyridine rings is 1. The smallest absolute Gasteiger partial charge is 0.361 e. The van der Waals surface area contributed by atoms with Crippen LogP contribution in [0.4, 0.5) is 24.5 Å². The van der Waals surface area contributed by atoms with Gasteiger partial charge in [0.05, 0.1) is 16.3 Å². The molecular weight excluding hydrogens is 547 g/mol. The van der Waals surface area contributed by atoms with Gasteiger partial charge in [0.15, 0.2) is 17.0 Å². The van der Waals surface area contributed by atoms with E-state index in [1.807, 2.05) is 20.8 Å². The first-order chi connectivity index (χ1) is 19.0. The molecule has 2 atom stereocenters.